The Morgan fingerprint density at radius 1 is 0.809 bits per heavy atom. The average molecular weight is 671 g/mol. The monoisotopic (exact) mass is 670 g/mol. The van der Waals surface area contributed by atoms with E-state index in [1.54, 1.807) is 12.1 Å². The van der Waals surface area contributed by atoms with Gasteiger partial charge in [0.1, 0.15) is 72.9 Å². The molecule has 14 unspecified atom stereocenters. The van der Waals surface area contributed by atoms with E-state index in [1.807, 2.05) is 0 Å². The smallest absolute Gasteiger partial charge is 0.331 e. The molecule has 0 radical (unpaired) electrons. The zero-order valence-corrected chi connectivity index (χ0v) is 24.7. The number of phenolic OH excluding ortho intramolecular Hbond substituents is 1. The van der Waals surface area contributed by atoms with Crippen LogP contribution in [0.1, 0.15) is 5.56 Å². The molecular weight excluding hydrogens is 632 g/mol. The highest BCUT2D eigenvalue weighted by Gasteiger charge is 2.60. The van der Waals surface area contributed by atoms with Crippen molar-refractivity contribution in [3.63, 3.8) is 0 Å². The third kappa shape index (κ3) is 7.08. The third-order valence-electron chi connectivity index (χ3n) is 8.50. The number of aliphatic hydroxyl groups excluding tert-OH is 9. The van der Waals surface area contributed by atoms with E-state index in [1.165, 1.54) is 30.4 Å². The number of ether oxygens (including phenoxy) is 6. The fourth-order valence-corrected chi connectivity index (χ4v) is 5.86. The van der Waals surface area contributed by atoms with E-state index in [4.69, 9.17) is 28.4 Å². The number of fused-ring (bicyclic) bond motifs is 1. The Labute approximate surface area is 267 Å². The van der Waals surface area contributed by atoms with Crippen molar-refractivity contribution in [1.29, 1.82) is 0 Å². The van der Waals surface area contributed by atoms with Gasteiger partial charge in [-0.25, -0.2) is 4.79 Å². The normalized spacial score (nSPS) is 41.7. The van der Waals surface area contributed by atoms with E-state index in [2.05, 4.69) is 0 Å². The summed E-state index contributed by atoms with van der Waals surface area (Å²) >= 11 is 0. The molecule has 47 heavy (non-hydrogen) atoms. The molecule has 0 bridgehead atoms. The van der Waals surface area contributed by atoms with Crippen molar-refractivity contribution in [2.24, 2.45) is 5.92 Å². The summed E-state index contributed by atoms with van der Waals surface area (Å²) in [6.45, 7) is -1.99. The molecule has 260 valence electrons. The van der Waals surface area contributed by atoms with Gasteiger partial charge in [-0.2, -0.15) is 0 Å². The third-order valence-corrected chi connectivity index (χ3v) is 8.50. The summed E-state index contributed by atoms with van der Waals surface area (Å²) in [5, 5.41) is 102. The van der Waals surface area contributed by atoms with Gasteiger partial charge in [-0.3, -0.25) is 0 Å². The van der Waals surface area contributed by atoms with Gasteiger partial charge < -0.3 is 79.5 Å². The first kappa shape index (κ1) is 35.3. The lowest BCUT2D eigenvalue weighted by atomic mass is 9.82. The van der Waals surface area contributed by atoms with Gasteiger partial charge in [0.15, 0.2) is 12.6 Å². The van der Waals surface area contributed by atoms with Crippen molar-refractivity contribution in [2.45, 2.75) is 79.4 Å². The van der Waals surface area contributed by atoms with Crippen LogP contribution in [0.5, 0.6) is 5.75 Å². The lowest BCUT2D eigenvalue weighted by Crippen LogP contribution is -2.64. The molecule has 2 fully saturated rings. The van der Waals surface area contributed by atoms with Crippen LogP contribution in [0, 0.1) is 5.92 Å². The molecule has 14 atom stereocenters. The molecule has 0 amide bonds. The molecule has 0 aromatic heterocycles. The summed E-state index contributed by atoms with van der Waals surface area (Å²) in [6.07, 6.45) is -13.9. The zero-order valence-electron chi connectivity index (χ0n) is 24.7. The molecule has 10 N–H and O–H groups in total. The first-order valence-electron chi connectivity index (χ1n) is 14.7. The molecule has 0 saturated carbocycles. The molecule has 17 nitrogen and oxygen atoms in total. The molecular formula is C30H38O17. The number of esters is 1. The topological polar surface area (TPSA) is 275 Å². The van der Waals surface area contributed by atoms with E-state index in [-0.39, 0.29) is 11.3 Å². The van der Waals surface area contributed by atoms with Crippen molar-refractivity contribution in [1.82, 2.24) is 0 Å². The SMILES string of the molecule is O=C(C=Cc1ccc(O)cc1)OCC1=CC(O)C2(OC3OC(CO)C(O)C(O)C3O)C=COC(OC3OC(CO)C(O)C(O)C3O)C12. The summed E-state index contributed by atoms with van der Waals surface area (Å²) in [4.78, 5) is 12.6. The maximum atomic E-state index is 12.6. The van der Waals surface area contributed by atoms with Crippen LogP contribution in [0.15, 0.2) is 54.3 Å². The largest absolute Gasteiger partial charge is 0.508 e. The Morgan fingerprint density at radius 2 is 1.40 bits per heavy atom. The van der Waals surface area contributed by atoms with E-state index in [0.29, 0.717) is 5.56 Å². The van der Waals surface area contributed by atoms with Crippen LogP contribution in [0.4, 0.5) is 0 Å². The van der Waals surface area contributed by atoms with Crippen LogP contribution in [0.25, 0.3) is 6.08 Å². The number of rotatable bonds is 10. The van der Waals surface area contributed by atoms with Crippen molar-refractivity contribution in [2.75, 3.05) is 19.8 Å². The molecule has 3 heterocycles. The summed E-state index contributed by atoms with van der Waals surface area (Å²) in [7, 11) is 0. The number of phenols is 1. The Hall–Kier alpha value is -3.01. The minimum Gasteiger partial charge on any atom is -0.508 e. The molecule has 1 aliphatic carbocycles. The van der Waals surface area contributed by atoms with E-state index >= 15 is 0 Å². The lowest BCUT2D eigenvalue weighted by Gasteiger charge is -2.48. The van der Waals surface area contributed by atoms with Gasteiger partial charge in [0.25, 0.3) is 0 Å². The van der Waals surface area contributed by atoms with Gasteiger partial charge in [-0.15, -0.1) is 0 Å². The quantitative estimate of drug-likeness (QED) is 0.0647. The van der Waals surface area contributed by atoms with E-state index < -0.39 is 111 Å². The Kier molecular flexibility index (Phi) is 11.0. The molecule has 5 rings (SSSR count). The Balaban J connectivity index is 1.41. The predicted octanol–water partition coefficient (Wildman–Crippen LogP) is -3.89. The minimum atomic E-state index is -1.95. The number of hydrogen-bond donors (Lipinski definition) is 10. The zero-order chi connectivity index (χ0) is 34.0. The van der Waals surface area contributed by atoms with E-state index in [9.17, 15) is 55.9 Å². The van der Waals surface area contributed by atoms with Crippen LogP contribution in [0.2, 0.25) is 0 Å². The standard InChI is InChI=1S/C30H38O17/c31-10-16-21(36)23(38)25(40)28(44-16)46-27-20-14(12-43-19(35)6-3-13-1-4-15(33)5-2-13)9-18(34)30(20,7-8-42-27)47-29-26(41)24(39)22(37)17(11-32)45-29/h1-9,16-18,20-29,31-34,36-41H,10-12H2. The van der Waals surface area contributed by atoms with Crippen molar-refractivity contribution in [3.05, 3.63) is 59.9 Å². The van der Waals surface area contributed by atoms with E-state index in [0.717, 1.165) is 12.3 Å². The maximum absolute atomic E-state index is 12.6. The highest BCUT2D eigenvalue weighted by Crippen LogP contribution is 2.48. The van der Waals surface area contributed by atoms with Gasteiger partial charge >= 0.3 is 5.97 Å². The Morgan fingerprint density at radius 3 is 2.02 bits per heavy atom. The fraction of sp³-hybridized carbons (Fsp3) is 0.567. The minimum absolute atomic E-state index is 0.0371. The predicted molar refractivity (Wildman–Crippen MR) is 152 cm³/mol. The van der Waals surface area contributed by atoms with Gasteiger partial charge in [-0.1, -0.05) is 12.1 Å². The number of aromatic hydroxyl groups is 1. The highest BCUT2D eigenvalue weighted by molar-refractivity contribution is 5.87. The summed E-state index contributed by atoms with van der Waals surface area (Å²) in [5.74, 6) is -2.05. The van der Waals surface area contributed by atoms with Gasteiger partial charge in [-0.05, 0) is 41.5 Å². The van der Waals surface area contributed by atoms with Crippen molar-refractivity contribution < 1.29 is 84.3 Å². The first-order valence-corrected chi connectivity index (χ1v) is 14.7. The first-order chi connectivity index (χ1) is 22.4. The fourth-order valence-electron chi connectivity index (χ4n) is 5.86. The summed E-state index contributed by atoms with van der Waals surface area (Å²) in [5.41, 5.74) is -1.22. The summed E-state index contributed by atoms with van der Waals surface area (Å²) in [6, 6.07) is 5.98. The second kappa shape index (κ2) is 14.6. The number of carbonyl (C=O) groups is 1. The lowest BCUT2D eigenvalue weighted by molar-refractivity contribution is -0.362. The molecule has 17 heteroatoms. The molecule has 3 aliphatic heterocycles. The number of benzene rings is 1. The van der Waals surface area contributed by atoms with Crippen LogP contribution < -0.4 is 0 Å². The van der Waals surface area contributed by atoms with Gasteiger partial charge in [0, 0.05) is 6.08 Å². The molecule has 1 aromatic carbocycles. The average Bonchev–Trinajstić information content (AvgIpc) is 3.35. The van der Waals surface area contributed by atoms with Gasteiger partial charge in [0.05, 0.1) is 25.4 Å². The Bertz CT molecular complexity index is 1310. The highest BCUT2D eigenvalue weighted by atomic mass is 16.8. The second-order valence-corrected chi connectivity index (χ2v) is 11.5. The molecule has 4 aliphatic rings. The maximum Gasteiger partial charge on any atom is 0.331 e. The number of hydrogen-bond acceptors (Lipinski definition) is 17. The van der Waals surface area contributed by atoms with Gasteiger partial charge in [0.2, 0.25) is 6.29 Å². The second-order valence-electron chi connectivity index (χ2n) is 11.5. The number of carbonyl (C=O) groups excluding carboxylic acids is 1. The summed E-state index contributed by atoms with van der Waals surface area (Å²) < 4.78 is 34.0. The van der Waals surface area contributed by atoms with Crippen LogP contribution >= 0.6 is 0 Å². The number of aliphatic hydroxyl groups is 9. The van der Waals surface area contributed by atoms with Crippen LogP contribution in [0.3, 0.4) is 0 Å². The van der Waals surface area contributed by atoms with Crippen LogP contribution in [-0.2, 0) is 33.2 Å². The van der Waals surface area contributed by atoms with Crippen LogP contribution in [-0.4, -0.2) is 156 Å². The van der Waals surface area contributed by atoms with Crippen molar-refractivity contribution in [3.8, 4) is 5.75 Å². The molecule has 1 aromatic rings. The van der Waals surface area contributed by atoms with Crippen molar-refractivity contribution >= 4 is 12.0 Å². The molecule has 2 saturated heterocycles. The molecule has 0 spiro atoms.